The molecule has 2 aromatic rings. The normalized spacial score (nSPS) is 11.0. The summed E-state index contributed by atoms with van der Waals surface area (Å²) in [5, 5.41) is 8.82. The number of carbonyl (C=O) groups is 1. The van der Waals surface area contributed by atoms with E-state index in [-0.39, 0.29) is 0 Å². The molecule has 0 aliphatic carbocycles. The lowest BCUT2D eigenvalue weighted by atomic mass is 10.3. The highest BCUT2D eigenvalue weighted by Gasteiger charge is 2.12. The average molecular weight is 209 g/mol. The van der Waals surface area contributed by atoms with Gasteiger partial charge in [-0.05, 0) is 18.6 Å². The van der Waals surface area contributed by atoms with Crippen molar-refractivity contribution in [3.63, 3.8) is 0 Å². The lowest BCUT2D eigenvalue weighted by Gasteiger charge is -1.98. The van der Waals surface area contributed by atoms with Crippen LogP contribution in [0.5, 0.6) is 0 Å². The van der Waals surface area contributed by atoms with Crippen LogP contribution in [0.15, 0.2) is 12.1 Å². The van der Waals surface area contributed by atoms with Crippen LogP contribution in [0.1, 0.15) is 22.3 Å². The monoisotopic (exact) mass is 209 g/mol. The molecule has 0 bridgehead atoms. The van der Waals surface area contributed by atoms with Crippen molar-refractivity contribution in [2.45, 2.75) is 13.3 Å². The van der Waals surface area contributed by atoms with E-state index in [9.17, 15) is 4.79 Å². The first-order valence-corrected chi connectivity index (χ1v) is 5.26. The van der Waals surface area contributed by atoms with Crippen LogP contribution in [0.3, 0.4) is 0 Å². The second kappa shape index (κ2) is 3.13. The standard InChI is InChI=1S/C10H11NO2S/c1-3-6-4-8-7(11(6)2)5-9(14-8)10(12)13/h4-5H,3H2,1-2H3,(H,12,13). The first-order chi connectivity index (χ1) is 6.63. The smallest absolute Gasteiger partial charge is 0.345 e. The van der Waals surface area contributed by atoms with Crippen LogP contribution in [0.4, 0.5) is 0 Å². The van der Waals surface area contributed by atoms with Crippen molar-refractivity contribution in [2.24, 2.45) is 7.05 Å². The number of fused-ring (bicyclic) bond motifs is 1. The second-order valence-electron chi connectivity index (χ2n) is 3.21. The highest BCUT2D eigenvalue weighted by atomic mass is 32.1. The summed E-state index contributed by atoms with van der Waals surface area (Å²) < 4.78 is 3.11. The first kappa shape index (κ1) is 9.27. The van der Waals surface area contributed by atoms with Gasteiger partial charge in [0.05, 0.1) is 10.2 Å². The van der Waals surface area contributed by atoms with Gasteiger partial charge in [-0.25, -0.2) is 4.79 Å². The van der Waals surface area contributed by atoms with Crippen LogP contribution in [-0.4, -0.2) is 15.6 Å². The minimum Gasteiger partial charge on any atom is -0.477 e. The van der Waals surface area contributed by atoms with Crippen molar-refractivity contribution in [1.82, 2.24) is 4.57 Å². The van der Waals surface area contributed by atoms with E-state index in [1.165, 1.54) is 17.0 Å². The van der Waals surface area contributed by atoms with Gasteiger partial charge in [-0.3, -0.25) is 0 Å². The van der Waals surface area contributed by atoms with E-state index in [4.69, 9.17) is 5.11 Å². The zero-order valence-corrected chi connectivity index (χ0v) is 8.89. The fourth-order valence-electron chi connectivity index (χ4n) is 1.61. The lowest BCUT2D eigenvalue weighted by molar-refractivity contribution is 0.0702. The van der Waals surface area contributed by atoms with Crippen molar-refractivity contribution < 1.29 is 9.90 Å². The third kappa shape index (κ3) is 1.23. The molecular formula is C10H11NO2S. The number of hydrogen-bond acceptors (Lipinski definition) is 2. The molecule has 0 unspecified atom stereocenters. The third-order valence-corrected chi connectivity index (χ3v) is 3.46. The molecule has 0 spiro atoms. The van der Waals surface area contributed by atoms with Gasteiger partial charge in [0.1, 0.15) is 4.88 Å². The van der Waals surface area contributed by atoms with E-state index in [2.05, 4.69) is 17.6 Å². The van der Waals surface area contributed by atoms with Crippen molar-refractivity contribution in [3.8, 4) is 0 Å². The van der Waals surface area contributed by atoms with Gasteiger partial charge >= 0.3 is 5.97 Å². The fraction of sp³-hybridized carbons (Fsp3) is 0.300. The highest BCUT2D eigenvalue weighted by molar-refractivity contribution is 7.20. The molecule has 2 aromatic heterocycles. The minimum atomic E-state index is -0.843. The Kier molecular flexibility index (Phi) is 2.07. The summed E-state index contributed by atoms with van der Waals surface area (Å²) in [5.41, 5.74) is 2.26. The number of hydrogen-bond donors (Lipinski definition) is 1. The number of nitrogens with zero attached hydrogens (tertiary/aromatic N) is 1. The Bertz CT molecular complexity index is 495. The molecule has 3 nitrogen and oxygen atoms in total. The Balaban J connectivity index is 2.64. The summed E-state index contributed by atoms with van der Waals surface area (Å²) >= 11 is 1.34. The Labute approximate surface area is 85.6 Å². The molecule has 14 heavy (non-hydrogen) atoms. The minimum absolute atomic E-state index is 0.410. The molecule has 0 fully saturated rings. The largest absolute Gasteiger partial charge is 0.477 e. The average Bonchev–Trinajstić information content (AvgIpc) is 2.66. The van der Waals surface area contributed by atoms with E-state index in [0.29, 0.717) is 4.88 Å². The number of thiophene rings is 1. The lowest BCUT2D eigenvalue weighted by Crippen LogP contribution is -1.94. The molecule has 0 aromatic carbocycles. The van der Waals surface area contributed by atoms with Gasteiger partial charge in [-0.1, -0.05) is 6.92 Å². The molecule has 1 N–H and O–H groups in total. The molecule has 0 aliphatic heterocycles. The predicted molar refractivity (Wildman–Crippen MR) is 57.1 cm³/mol. The number of aromatic nitrogens is 1. The van der Waals surface area contributed by atoms with Gasteiger partial charge in [0.15, 0.2) is 0 Å². The summed E-state index contributed by atoms with van der Waals surface area (Å²) in [5.74, 6) is -0.843. The molecule has 2 rings (SSSR count). The summed E-state index contributed by atoms with van der Waals surface area (Å²) in [6.45, 7) is 2.09. The quantitative estimate of drug-likeness (QED) is 0.825. The van der Waals surface area contributed by atoms with E-state index in [1.54, 1.807) is 6.07 Å². The highest BCUT2D eigenvalue weighted by Crippen LogP contribution is 2.28. The number of rotatable bonds is 2. The molecular weight excluding hydrogens is 198 g/mol. The van der Waals surface area contributed by atoms with Crippen LogP contribution in [0, 0.1) is 0 Å². The Hall–Kier alpha value is -1.29. The molecule has 0 radical (unpaired) electrons. The number of carboxylic acid groups (broad SMARTS) is 1. The van der Waals surface area contributed by atoms with Crippen molar-refractivity contribution >= 4 is 27.5 Å². The van der Waals surface area contributed by atoms with Gasteiger partial charge in [0.25, 0.3) is 0 Å². The van der Waals surface area contributed by atoms with Gasteiger partial charge in [0, 0.05) is 12.7 Å². The molecule has 0 saturated carbocycles. The van der Waals surface area contributed by atoms with Crippen LogP contribution in [0.2, 0.25) is 0 Å². The van der Waals surface area contributed by atoms with Crippen molar-refractivity contribution in [3.05, 3.63) is 22.7 Å². The molecule has 74 valence electrons. The SMILES string of the molecule is CCc1cc2sc(C(=O)O)cc2n1C. The van der Waals surface area contributed by atoms with Crippen LogP contribution in [-0.2, 0) is 13.5 Å². The van der Waals surface area contributed by atoms with E-state index in [0.717, 1.165) is 16.6 Å². The fourth-order valence-corrected chi connectivity index (χ4v) is 2.60. The maximum Gasteiger partial charge on any atom is 0.345 e. The van der Waals surface area contributed by atoms with Gasteiger partial charge in [-0.2, -0.15) is 0 Å². The first-order valence-electron chi connectivity index (χ1n) is 4.45. The number of aryl methyl sites for hydroxylation is 2. The Morgan fingerprint density at radius 3 is 2.79 bits per heavy atom. The zero-order chi connectivity index (χ0) is 10.3. The summed E-state index contributed by atoms with van der Waals surface area (Å²) in [6, 6.07) is 3.80. The van der Waals surface area contributed by atoms with Crippen LogP contribution in [0.25, 0.3) is 10.2 Å². The second-order valence-corrected chi connectivity index (χ2v) is 4.30. The molecule has 0 amide bonds. The van der Waals surface area contributed by atoms with E-state index >= 15 is 0 Å². The van der Waals surface area contributed by atoms with E-state index < -0.39 is 5.97 Å². The number of carboxylic acids is 1. The maximum absolute atomic E-state index is 10.7. The predicted octanol–water partition coefficient (Wildman–Crippen LogP) is 2.50. The van der Waals surface area contributed by atoms with E-state index in [1.807, 2.05) is 7.05 Å². The van der Waals surface area contributed by atoms with Gasteiger partial charge in [0.2, 0.25) is 0 Å². The van der Waals surface area contributed by atoms with Crippen LogP contribution < -0.4 is 0 Å². The van der Waals surface area contributed by atoms with Crippen molar-refractivity contribution in [2.75, 3.05) is 0 Å². The van der Waals surface area contributed by atoms with Gasteiger partial charge in [-0.15, -0.1) is 11.3 Å². The topological polar surface area (TPSA) is 42.2 Å². The molecule has 0 saturated heterocycles. The maximum atomic E-state index is 10.7. The summed E-state index contributed by atoms with van der Waals surface area (Å²) in [6.07, 6.45) is 0.973. The molecule has 4 heteroatoms. The Morgan fingerprint density at radius 2 is 2.29 bits per heavy atom. The summed E-state index contributed by atoms with van der Waals surface area (Å²) in [7, 11) is 1.97. The number of aromatic carboxylic acids is 1. The third-order valence-electron chi connectivity index (χ3n) is 2.40. The van der Waals surface area contributed by atoms with Crippen molar-refractivity contribution in [1.29, 1.82) is 0 Å². The zero-order valence-electron chi connectivity index (χ0n) is 8.07. The summed E-state index contributed by atoms with van der Waals surface area (Å²) in [4.78, 5) is 11.1. The Morgan fingerprint density at radius 1 is 1.57 bits per heavy atom. The molecule has 2 heterocycles. The molecule has 0 aliphatic rings. The van der Waals surface area contributed by atoms with Gasteiger partial charge < -0.3 is 9.67 Å². The van der Waals surface area contributed by atoms with Crippen LogP contribution >= 0.6 is 11.3 Å². The molecule has 0 atom stereocenters.